The van der Waals surface area contributed by atoms with E-state index in [0.717, 1.165) is 4.90 Å². The third-order valence-electron chi connectivity index (χ3n) is 2.88. The molecule has 1 aliphatic heterocycles. The summed E-state index contributed by atoms with van der Waals surface area (Å²) < 4.78 is 0. The van der Waals surface area contributed by atoms with E-state index in [9.17, 15) is 14.4 Å². The van der Waals surface area contributed by atoms with Gasteiger partial charge in [0.1, 0.15) is 6.04 Å². The second-order valence-corrected chi connectivity index (χ2v) is 6.25. The molecule has 0 saturated carbocycles. The molecule has 0 bridgehead atoms. The maximum absolute atomic E-state index is 12.0. The predicted octanol–water partition coefficient (Wildman–Crippen LogP) is 1.73. The van der Waals surface area contributed by atoms with Gasteiger partial charge in [-0.05, 0) is 25.1 Å². The van der Waals surface area contributed by atoms with Crippen LogP contribution in [0.3, 0.4) is 0 Å². The Hall–Kier alpha value is -1.73. The number of rotatable bonds is 4. The van der Waals surface area contributed by atoms with Crippen molar-refractivity contribution in [2.45, 2.75) is 29.5 Å². The van der Waals surface area contributed by atoms with E-state index in [1.165, 1.54) is 18.7 Å². The second kappa shape index (κ2) is 6.36. The fraction of sp³-hybridized carbons (Fsp3) is 0.308. The Kier molecular flexibility index (Phi) is 4.74. The molecule has 1 aliphatic rings. The lowest BCUT2D eigenvalue weighted by Crippen LogP contribution is -2.41. The first-order valence-electron chi connectivity index (χ1n) is 6.16. The minimum absolute atomic E-state index is 0.0871. The maximum atomic E-state index is 12.0. The van der Waals surface area contributed by atoms with Gasteiger partial charge >= 0.3 is 5.97 Å². The molecule has 6 nitrogen and oxygen atoms in total. The lowest BCUT2D eigenvalue weighted by atomic mass is 10.2. The Morgan fingerprint density at radius 2 is 2.24 bits per heavy atom. The molecule has 2 atom stereocenters. The van der Waals surface area contributed by atoms with Crippen LogP contribution in [0.15, 0.2) is 23.1 Å². The zero-order valence-electron chi connectivity index (χ0n) is 11.1. The van der Waals surface area contributed by atoms with Crippen molar-refractivity contribution >= 4 is 46.8 Å². The van der Waals surface area contributed by atoms with Crippen molar-refractivity contribution in [2.75, 3.05) is 5.32 Å². The summed E-state index contributed by atoms with van der Waals surface area (Å²) in [5, 5.41) is 13.7. The first-order valence-corrected chi connectivity index (χ1v) is 7.42. The van der Waals surface area contributed by atoms with Gasteiger partial charge in [0, 0.05) is 16.3 Å². The Bertz CT molecular complexity index is 608. The molecule has 1 aromatic carbocycles. The smallest absolute Gasteiger partial charge is 0.325 e. The van der Waals surface area contributed by atoms with Crippen LogP contribution in [0.25, 0.3) is 0 Å². The molecule has 0 spiro atoms. The Morgan fingerprint density at radius 1 is 1.52 bits per heavy atom. The third-order valence-corrected chi connectivity index (χ3v) is 4.39. The number of benzene rings is 1. The Balaban J connectivity index is 2.02. The molecule has 3 N–H and O–H groups in total. The molecule has 21 heavy (non-hydrogen) atoms. The highest BCUT2D eigenvalue weighted by molar-refractivity contribution is 8.01. The summed E-state index contributed by atoms with van der Waals surface area (Å²) in [5.41, 5.74) is 0.619. The van der Waals surface area contributed by atoms with Crippen LogP contribution >= 0.6 is 23.4 Å². The van der Waals surface area contributed by atoms with Crippen LogP contribution in [0.1, 0.15) is 13.3 Å². The number of hydrogen-bond acceptors (Lipinski definition) is 4. The quantitative estimate of drug-likeness (QED) is 0.782. The molecule has 1 unspecified atom stereocenters. The summed E-state index contributed by atoms with van der Waals surface area (Å²) in [6.07, 6.45) is -0.0871. The molecule has 0 saturated heterocycles. The molecule has 2 rings (SSSR count). The van der Waals surface area contributed by atoms with Crippen LogP contribution < -0.4 is 10.6 Å². The van der Waals surface area contributed by atoms with E-state index < -0.39 is 23.2 Å². The zero-order chi connectivity index (χ0) is 15.6. The predicted molar refractivity (Wildman–Crippen MR) is 79.6 cm³/mol. The van der Waals surface area contributed by atoms with E-state index in [1.54, 1.807) is 18.2 Å². The minimum Gasteiger partial charge on any atom is -0.480 e. The van der Waals surface area contributed by atoms with Gasteiger partial charge in [0.15, 0.2) is 0 Å². The molecule has 2 amide bonds. The van der Waals surface area contributed by atoms with Crippen molar-refractivity contribution in [3.05, 3.63) is 23.2 Å². The number of anilines is 1. The lowest BCUT2D eigenvalue weighted by Gasteiger charge is -2.24. The third kappa shape index (κ3) is 3.89. The highest BCUT2D eigenvalue weighted by Crippen LogP contribution is 2.38. The number of halogens is 1. The van der Waals surface area contributed by atoms with Gasteiger partial charge in [0.05, 0.1) is 10.9 Å². The molecule has 1 aromatic rings. The molecule has 1 heterocycles. The normalized spacial score (nSPS) is 18.4. The number of fused-ring (bicyclic) bond motifs is 1. The van der Waals surface area contributed by atoms with Crippen molar-refractivity contribution in [1.82, 2.24) is 5.32 Å². The highest BCUT2D eigenvalue weighted by Gasteiger charge is 2.29. The first kappa shape index (κ1) is 15.7. The topological polar surface area (TPSA) is 95.5 Å². The number of nitrogens with one attached hydrogen (secondary N) is 2. The van der Waals surface area contributed by atoms with Gasteiger partial charge in [-0.3, -0.25) is 14.4 Å². The molecule has 0 aliphatic carbocycles. The number of carbonyl (C=O) groups excluding carboxylic acids is 2. The van der Waals surface area contributed by atoms with Gasteiger partial charge < -0.3 is 15.7 Å². The van der Waals surface area contributed by atoms with E-state index in [2.05, 4.69) is 10.6 Å². The average molecular weight is 329 g/mol. The standard InChI is InChI=1S/C13H13ClN2O4S/c1-6(13(19)20)15-11(17)5-10-12(18)16-8-4-7(14)2-3-9(8)21-10/h2-4,6,10H,5H2,1H3,(H,15,17)(H,16,18)(H,19,20)/t6-,10?/m0/s1. The van der Waals surface area contributed by atoms with E-state index >= 15 is 0 Å². The molecule has 0 aromatic heterocycles. The minimum atomic E-state index is -1.12. The average Bonchev–Trinajstić information content (AvgIpc) is 2.39. The van der Waals surface area contributed by atoms with E-state index in [1.807, 2.05) is 0 Å². The molecule has 112 valence electrons. The van der Waals surface area contributed by atoms with Crippen molar-refractivity contribution in [2.24, 2.45) is 0 Å². The number of carboxylic acids is 1. The van der Waals surface area contributed by atoms with Crippen molar-refractivity contribution in [3.8, 4) is 0 Å². The molecule has 8 heteroatoms. The van der Waals surface area contributed by atoms with Crippen LogP contribution in [0.5, 0.6) is 0 Å². The maximum Gasteiger partial charge on any atom is 0.325 e. The number of carbonyl (C=O) groups is 3. The number of carboxylic acid groups (broad SMARTS) is 1. The summed E-state index contributed by atoms with van der Waals surface area (Å²) in [4.78, 5) is 35.2. The monoisotopic (exact) mass is 328 g/mol. The Morgan fingerprint density at radius 3 is 2.90 bits per heavy atom. The summed E-state index contributed by atoms with van der Waals surface area (Å²) in [7, 11) is 0. The van der Waals surface area contributed by atoms with Gasteiger partial charge in [-0.2, -0.15) is 0 Å². The van der Waals surface area contributed by atoms with Gasteiger partial charge in [0.25, 0.3) is 0 Å². The zero-order valence-corrected chi connectivity index (χ0v) is 12.6. The van der Waals surface area contributed by atoms with Crippen LogP contribution in [0.4, 0.5) is 5.69 Å². The van der Waals surface area contributed by atoms with E-state index in [0.29, 0.717) is 10.7 Å². The van der Waals surface area contributed by atoms with Gasteiger partial charge in [-0.25, -0.2) is 0 Å². The largest absolute Gasteiger partial charge is 0.480 e. The van der Waals surface area contributed by atoms with Crippen LogP contribution in [-0.4, -0.2) is 34.2 Å². The summed E-state index contributed by atoms with van der Waals surface area (Å²) in [6, 6.07) is 4.13. The number of amides is 2. The van der Waals surface area contributed by atoms with Crippen molar-refractivity contribution < 1.29 is 19.5 Å². The summed E-state index contributed by atoms with van der Waals surface area (Å²) >= 11 is 7.11. The number of thioether (sulfide) groups is 1. The SMILES string of the molecule is C[C@H](NC(=O)CC1Sc2ccc(Cl)cc2NC1=O)C(=O)O. The Labute approximate surface area is 130 Å². The lowest BCUT2D eigenvalue weighted by molar-refractivity contribution is -0.141. The summed E-state index contributed by atoms with van der Waals surface area (Å²) in [5.74, 6) is -1.90. The van der Waals surface area contributed by atoms with Gasteiger partial charge in [-0.15, -0.1) is 11.8 Å². The molecular weight excluding hydrogens is 316 g/mol. The second-order valence-electron chi connectivity index (χ2n) is 4.57. The van der Waals surface area contributed by atoms with Gasteiger partial charge in [-0.1, -0.05) is 11.6 Å². The first-order chi connectivity index (χ1) is 9.86. The number of hydrogen-bond donors (Lipinski definition) is 3. The molecule has 0 radical (unpaired) electrons. The highest BCUT2D eigenvalue weighted by atomic mass is 35.5. The van der Waals surface area contributed by atoms with E-state index in [4.69, 9.17) is 16.7 Å². The number of aliphatic carboxylic acids is 1. The van der Waals surface area contributed by atoms with Crippen molar-refractivity contribution in [1.29, 1.82) is 0 Å². The van der Waals surface area contributed by atoms with Crippen LogP contribution in [0.2, 0.25) is 5.02 Å². The van der Waals surface area contributed by atoms with Crippen LogP contribution in [0, 0.1) is 0 Å². The fourth-order valence-electron chi connectivity index (χ4n) is 1.79. The van der Waals surface area contributed by atoms with Gasteiger partial charge in [0.2, 0.25) is 11.8 Å². The molecular formula is C13H13ClN2O4S. The van der Waals surface area contributed by atoms with Crippen molar-refractivity contribution in [3.63, 3.8) is 0 Å². The molecule has 0 fully saturated rings. The summed E-state index contributed by atoms with van der Waals surface area (Å²) in [6.45, 7) is 1.37. The van der Waals surface area contributed by atoms with Crippen LogP contribution in [-0.2, 0) is 14.4 Å². The fourth-order valence-corrected chi connectivity index (χ4v) is 3.05. The van der Waals surface area contributed by atoms with E-state index in [-0.39, 0.29) is 12.3 Å².